The number of hydrogen-bond acceptors (Lipinski definition) is 2. The standard InChI is InChI=1S/C19H18FN3O/c1-13(2)14-4-3-5-16(12-14)21-19(24)18-10-11-23(22-18)17-8-6-15(20)7-9-17/h3-13H,1-2H3,(H,21,24). The summed E-state index contributed by atoms with van der Waals surface area (Å²) in [5.74, 6) is -0.204. The Balaban J connectivity index is 1.76. The van der Waals surface area contributed by atoms with Gasteiger partial charge in [0, 0.05) is 11.9 Å². The van der Waals surface area contributed by atoms with Crippen LogP contribution in [0, 0.1) is 5.82 Å². The van der Waals surface area contributed by atoms with Crippen molar-refractivity contribution in [1.29, 1.82) is 0 Å². The fraction of sp³-hybridized carbons (Fsp3) is 0.158. The molecule has 1 aromatic heterocycles. The van der Waals surface area contributed by atoms with Crippen LogP contribution in [0.15, 0.2) is 60.8 Å². The maximum Gasteiger partial charge on any atom is 0.276 e. The van der Waals surface area contributed by atoms with Crippen molar-refractivity contribution in [3.8, 4) is 5.69 Å². The molecule has 1 heterocycles. The van der Waals surface area contributed by atoms with E-state index in [9.17, 15) is 9.18 Å². The molecule has 0 atom stereocenters. The zero-order valence-corrected chi connectivity index (χ0v) is 13.5. The topological polar surface area (TPSA) is 46.9 Å². The predicted molar refractivity (Wildman–Crippen MR) is 92.0 cm³/mol. The highest BCUT2D eigenvalue weighted by molar-refractivity contribution is 6.02. The summed E-state index contributed by atoms with van der Waals surface area (Å²) in [6.45, 7) is 4.20. The van der Waals surface area contributed by atoms with Gasteiger partial charge in [-0.15, -0.1) is 0 Å². The number of rotatable bonds is 4. The first-order valence-corrected chi connectivity index (χ1v) is 7.76. The van der Waals surface area contributed by atoms with Crippen LogP contribution in [0.25, 0.3) is 5.69 Å². The Labute approximate surface area is 139 Å². The number of aromatic nitrogens is 2. The molecule has 0 unspecified atom stereocenters. The maximum absolute atomic E-state index is 13.0. The van der Waals surface area contributed by atoms with Crippen molar-refractivity contribution in [3.05, 3.63) is 77.9 Å². The van der Waals surface area contributed by atoms with Crippen LogP contribution in [-0.2, 0) is 0 Å². The number of nitrogens with one attached hydrogen (secondary N) is 1. The Morgan fingerprint density at radius 3 is 2.58 bits per heavy atom. The average molecular weight is 323 g/mol. The van der Waals surface area contributed by atoms with E-state index < -0.39 is 0 Å². The van der Waals surface area contributed by atoms with E-state index in [2.05, 4.69) is 24.3 Å². The number of anilines is 1. The molecule has 4 nitrogen and oxygen atoms in total. The van der Waals surface area contributed by atoms with E-state index in [1.807, 2.05) is 24.3 Å². The Morgan fingerprint density at radius 1 is 1.12 bits per heavy atom. The van der Waals surface area contributed by atoms with Crippen molar-refractivity contribution in [2.75, 3.05) is 5.32 Å². The number of carbonyl (C=O) groups is 1. The van der Waals surface area contributed by atoms with Crippen molar-refractivity contribution < 1.29 is 9.18 Å². The number of hydrogen-bond donors (Lipinski definition) is 1. The van der Waals surface area contributed by atoms with Crippen molar-refractivity contribution >= 4 is 11.6 Å². The first-order valence-electron chi connectivity index (χ1n) is 7.76. The van der Waals surface area contributed by atoms with Crippen LogP contribution in [0.2, 0.25) is 0 Å². The Hall–Kier alpha value is -2.95. The zero-order chi connectivity index (χ0) is 17.1. The molecule has 0 fully saturated rings. The summed E-state index contributed by atoms with van der Waals surface area (Å²) < 4.78 is 14.5. The number of nitrogens with zero attached hydrogens (tertiary/aromatic N) is 2. The van der Waals surface area contributed by atoms with E-state index in [1.165, 1.54) is 12.1 Å². The van der Waals surface area contributed by atoms with Gasteiger partial charge >= 0.3 is 0 Å². The minimum absolute atomic E-state index is 0.281. The van der Waals surface area contributed by atoms with Crippen molar-refractivity contribution in [2.45, 2.75) is 19.8 Å². The molecule has 0 radical (unpaired) electrons. The van der Waals surface area contributed by atoms with E-state index in [4.69, 9.17) is 0 Å². The lowest BCUT2D eigenvalue weighted by molar-refractivity contribution is 0.102. The van der Waals surface area contributed by atoms with E-state index in [0.29, 0.717) is 17.3 Å². The number of amides is 1. The molecule has 1 N–H and O–H groups in total. The molecule has 2 aromatic carbocycles. The number of carbonyl (C=O) groups excluding carboxylic acids is 1. The van der Waals surface area contributed by atoms with Crippen molar-refractivity contribution in [1.82, 2.24) is 9.78 Å². The second kappa shape index (κ2) is 6.66. The third kappa shape index (κ3) is 3.51. The van der Waals surface area contributed by atoms with Gasteiger partial charge in [0.25, 0.3) is 5.91 Å². The molecule has 0 aliphatic heterocycles. The fourth-order valence-electron chi connectivity index (χ4n) is 2.35. The minimum Gasteiger partial charge on any atom is -0.321 e. The molecule has 0 saturated heterocycles. The molecule has 3 aromatic rings. The van der Waals surface area contributed by atoms with Gasteiger partial charge in [-0.1, -0.05) is 26.0 Å². The van der Waals surface area contributed by atoms with Crippen molar-refractivity contribution in [3.63, 3.8) is 0 Å². The fourth-order valence-corrected chi connectivity index (χ4v) is 2.35. The van der Waals surface area contributed by atoms with Gasteiger partial charge in [0.2, 0.25) is 0 Å². The van der Waals surface area contributed by atoms with E-state index >= 15 is 0 Å². The summed E-state index contributed by atoms with van der Waals surface area (Å²) >= 11 is 0. The second-order valence-electron chi connectivity index (χ2n) is 5.86. The lowest BCUT2D eigenvalue weighted by Gasteiger charge is -2.08. The molecular weight excluding hydrogens is 305 g/mol. The average Bonchev–Trinajstić information content (AvgIpc) is 3.06. The van der Waals surface area contributed by atoms with Crippen LogP contribution >= 0.6 is 0 Å². The van der Waals surface area contributed by atoms with Crippen LogP contribution < -0.4 is 5.32 Å². The molecule has 0 aliphatic carbocycles. The van der Waals surface area contributed by atoms with Crippen LogP contribution in [0.1, 0.15) is 35.8 Å². The predicted octanol–water partition coefficient (Wildman–Crippen LogP) is 4.39. The second-order valence-corrected chi connectivity index (χ2v) is 5.86. The van der Waals surface area contributed by atoms with Gasteiger partial charge in [-0.25, -0.2) is 9.07 Å². The summed E-state index contributed by atoms with van der Waals surface area (Å²) in [6, 6.07) is 15.3. The lowest BCUT2D eigenvalue weighted by atomic mass is 10.0. The van der Waals surface area contributed by atoms with Gasteiger partial charge in [0.15, 0.2) is 5.69 Å². The highest BCUT2D eigenvalue weighted by Gasteiger charge is 2.11. The smallest absolute Gasteiger partial charge is 0.276 e. The third-order valence-electron chi connectivity index (χ3n) is 3.72. The highest BCUT2D eigenvalue weighted by Crippen LogP contribution is 2.19. The van der Waals surface area contributed by atoms with Crippen LogP contribution in [0.5, 0.6) is 0 Å². The molecule has 0 saturated carbocycles. The Morgan fingerprint density at radius 2 is 1.88 bits per heavy atom. The molecule has 24 heavy (non-hydrogen) atoms. The molecule has 122 valence electrons. The van der Waals surface area contributed by atoms with Crippen LogP contribution in [-0.4, -0.2) is 15.7 Å². The number of benzene rings is 2. The van der Waals surface area contributed by atoms with Gasteiger partial charge in [0.1, 0.15) is 5.82 Å². The molecule has 3 rings (SSSR count). The molecule has 5 heteroatoms. The number of halogens is 1. The maximum atomic E-state index is 13.0. The monoisotopic (exact) mass is 323 g/mol. The van der Waals surface area contributed by atoms with Gasteiger partial charge < -0.3 is 5.32 Å². The van der Waals surface area contributed by atoms with Crippen LogP contribution in [0.4, 0.5) is 10.1 Å². The summed E-state index contributed by atoms with van der Waals surface area (Å²) in [5, 5.41) is 7.10. The van der Waals surface area contributed by atoms with E-state index in [1.54, 1.807) is 29.1 Å². The molecule has 1 amide bonds. The Bertz CT molecular complexity index is 853. The van der Waals surface area contributed by atoms with Gasteiger partial charge in [0.05, 0.1) is 5.69 Å². The normalized spacial score (nSPS) is 10.8. The van der Waals surface area contributed by atoms with E-state index in [0.717, 1.165) is 11.3 Å². The molecule has 0 spiro atoms. The summed E-state index contributed by atoms with van der Waals surface area (Å²) in [7, 11) is 0. The Kier molecular flexibility index (Phi) is 4.42. The minimum atomic E-state index is -0.311. The molecule has 0 bridgehead atoms. The SMILES string of the molecule is CC(C)c1cccc(NC(=O)c2ccn(-c3ccc(F)cc3)n2)c1. The quantitative estimate of drug-likeness (QED) is 0.774. The largest absolute Gasteiger partial charge is 0.321 e. The lowest BCUT2D eigenvalue weighted by Crippen LogP contribution is -2.13. The highest BCUT2D eigenvalue weighted by atomic mass is 19.1. The first kappa shape index (κ1) is 15.9. The zero-order valence-electron chi connectivity index (χ0n) is 13.5. The van der Waals surface area contributed by atoms with Crippen LogP contribution in [0.3, 0.4) is 0 Å². The van der Waals surface area contributed by atoms with Gasteiger partial charge in [-0.3, -0.25) is 4.79 Å². The summed E-state index contributed by atoms with van der Waals surface area (Å²) in [6.07, 6.45) is 1.67. The van der Waals surface area contributed by atoms with Crippen molar-refractivity contribution in [2.24, 2.45) is 0 Å². The first-order chi connectivity index (χ1) is 11.5. The van der Waals surface area contributed by atoms with Gasteiger partial charge in [-0.05, 0) is 53.9 Å². The third-order valence-corrected chi connectivity index (χ3v) is 3.72. The summed E-state index contributed by atoms with van der Waals surface area (Å²) in [4.78, 5) is 12.3. The van der Waals surface area contributed by atoms with Gasteiger partial charge in [-0.2, -0.15) is 5.10 Å². The molecular formula is C19H18FN3O. The van der Waals surface area contributed by atoms with E-state index in [-0.39, 0.29) is 11.7 Å². The molecule has 0 aliphatic rings. The summed E-state index contributed by atoms with van der Waals surface area (Å²) in [5.41, 5.74) is 2.89.